The quantitative estimate of drug-likeness (QED) is 0.604. The number of carbonyl (C=O) groups is 1. The second-order valence-electron chi connectivity index (χ2n) is 6.47. The summed E-state index contributed by atoms with van der Waals surface area (Å²) in [5.41, 5.74) is 1.77. The van der Waals surface area contributed by atoms with Gasteiger partial charge in [-0.1, -0.05) is 53.5 Å². The summed E-state index contributed by atoms with van der Waals surface area (Å²) in [6, 6.07) is 17.0. The zero-order valence-electron chi connectivity index (χ0n) is 15.5. The molecule has 0 unspecified atom stereocenters. The second-order valence-corrected chi connectivity index (χ2v) is 7.28. The second kappa shape index (κ2) is 9.28. The van der Waals surface area contributed by atoms with Crippen molar-refractivity contribution in [3.63, 3.8) is 0 Å². The van der Waals surface area contributed by atoms with Crippen molar-refractivity contribution in [3.05, 3.63) is 75.8 Å². The predicted molar refractivity (Wildman–Crippen MR) is 113 cm³/mol. The average molecular weight is 418 g/mol. The molecule has 4 nitrogen and oxygen atoms in total. The van der Waals surface area contributed by atoms with Crippen LogP contribution in [0.2, 0.25) is 10.0 Å². The van der Waals surface area contributed by atoms with Crippen molar-refractivity contribution < 1.29 is 14.6 Å². The van der Waals surface area contributed by atoms with Crippen molar-refractivity contribution in [3.8, 4) is 5.75 Å². The minimum absolute atomic E-state index is 0.0737. The van der Waals surface area contributed by atoms with E-state index >= 15 is 0 Å². The Labute approximate surface area is 174 Å². The number of amides is 1. The number of fused-ring (bicyclic) bond motifs is 1. The fourth-order valence-electron chi connectivity index (χ4n) is 3.14. The molecule has 0 saturated heterocycles. The van der Waals surface area contributed by atoms with Crippen molar-refractivity contribution in [1.29, 1.82) is 0 Å². The Morgan fingerprint density at radius 1 is 1.07 bits per heavy atom. The monoisotopic (exact) mass is 417 g/mol. The van der Waals surface area contributed by atoms with Gasteiger partial charge in [-0.15, -0.1) is 0 Å². The lowest BCUT2D eigenvalue weighted by molar-refractivity contribution is -0.131. The van der Waals surface area contributed by atoms with E-state index in [2.05, 4.69) is 0 Å². The molecule has 0 aromatic heterocycles. The third-order valence-corrected chi connectivity index (χ3v) is 5.34. The van der Waals surface area contributed by atoms with Crippen molar-refractivity contribution in [2.45, 2.75) is 13.0 Å². The SMILES string of the molecule is COc1ccc2cccc(CC(=O)N(CCO)Cc3ccc(Cl)c(Cl)c3)c2c1. The molecule has 0 aliphatic carbocycles. The van der Waals surface area contributed by atoms with Gasteiger partial charge in [0.25, 0.3) is 0 Å². The largest absolute Gasteiger partial charge is 0.497 e. The van der Waals surface area contributed by atoms with Crippen LogP contribution in [0, 0.1) is 0 Å². The molecule has 0 fully saturated rings. The Morgan fingerprint density at radius 3 is 2.61 bits per heavy atom. The number of rotatable bonds is 7. The van der Waals surface area contributed by atoms with E-state index in [9.17, 15) is 9.90 Å². The van der Waals surface area contributed by atoms with Crippen LogP contribution in [-0.4, -0.2) is 36.2 Å². The van der Waals surface area contributed by atoms with Crippen LogP contribution < -0.4 is 4.74 Å². The summed E-state index contributed by atoms with van der Waals surface area (Å²) in [5.74, 6) is 0.672. The molecule has 1 N–H and O–H groups in total. The van der Waals surface area contributed by atoms with E-state index in [-0.39, 0.29) is 25.5 Å². The molecule has 0 heterocycles. The van der Waals surface area contributed by atoms with Gasteiger partial charge in [-0.2, -0.15) is 0 Å². The first kappa shape index (κ1) is 20.5. The Bertz CT molecular complexity index is 991. The number of carbonyl (C=O) groups excluding carboxylic acids is 1. The molecule has 0 bridgehead atoms. The number of hydrogen-bond acceptors (Lipinski definition) is 3. The maximum absolute atomic E-state index is 13.0. The van der Waals surface area contributed by atoms with Gasteiger partial charge in [0.2, 0.25) is 5.91 Å². The van der Waals surface area contributed by atoms with Crippen molar-refractivity contribution in [1.82, 2.24) is 4.90 Å². The lowest BCUT2D eigenvalue weighted by atomic mass is 10.0. The van der Waals surface area contributed by atoms with Crippen molar-refractivity contribution >= 4 is 39.9 Å². The summed E-state index contributed by atoms with van der Waals surface area (Å²) < 4.78 is 5.32. The Morgan fingerprint density at radius 2 is 1.89 bits per heavy atom. The first-order chi connectivity index (χ1) is 13.5. The first-order valence-corrected chi connectivity index (χ1v) is 9.65. The maximum Gasteiger partial charge on any atom is 0.227 e. The molecule has 1 amide bonds. The van der Waals surface area contributed by atoms with E-state index in [0.29, 0.717) is 16.6 Å². The number of benzene rings is 3. The van der Waals surface area contributed by atoms with E-state index in [1.807, 2.05) is 42.5 Å². The van der Waals surface area contributed by atoms with E-state index in [1.165, 1.54) is 0 Å². The number of methoxy groups -OCH3 is 1. The van der Waals surface area contributed by atoms with Crippen LogP contribution in [0.1, 0.15) is 11.1 Å². The van der Waals surface area contributed by atoms with Crippen molar-refractivity contribution in [2.75, 3.05) is 20.3 Å². The summed E-state index contributed by atoms with van der Waals surface area (Å²) in [4.78, 5) is 14.6. The predicted octanol–water partition coefficient (Wildman–Crippen LogP) is 4.72. The molecule has 3 rings (SSSR count). The highest BCUT2D eigenvalue weighted by molar-refractivity contribution is 6.42. The highest BCUT2D eigenvalue weighted by Gasteiger charge is 2.16. The molecular weight excluding hydrogens is 397 g/mol. The van der Waals surface area contributed by atoms with Gasteiger partial charge in [0, 0.05) is 13.1 Å². The molecule has 28 heavy (non-hydrogen) atoms. The van der Waals surface area contributed by atoms with Crippen LogP contribution in [0.15, 0.2) is 54.6 Å². The Balaban J connectivity index is 1.84. The van der Waals surface area contributed by atoms with E-state index in [4.69, 9.17) is 27.9 Å². The van der Waals surface area contributed by atoms with Gasteiger partial charge in [-0.05, 0) is 46.2 Å². The number of halogens is 2. The number of aliphatic hydroxyl groups is 1. The van der Waals surface area contributed by atoms with E-state index < -0.39 is 0 Å². The van der Waals surface area contributed by atoms with E-state index in [1.54, 1.807) is 24.1 Å². The minimum atomic E-state index is -0.115. The molecule has 0 aliphatic rings. The molecule has 0 aliphatic heterocycles. The highest BCUT2D eigenvalue weighted by atomic mass is 35.5. The third kappa shape index (κ3) is 4.76. The van der Waals surface area contributed by atoms with Gasteiger partial charge in [0.15, 0.2) is 0 Å². The molecule has 0 radical (unpaired) electrons. The Kier molecular flexibility index (Phi) is 6.79. The normalized spacial score (nSPS) is 10.9. The average Bonchev–Trinajstić information content (AvgIpc) is 2.70. The van der Waals surface area contributed by atoms with E-state index in [0.717, 1.165) is 27.6 Å². The van der Waals surface area contributed by atoms with Crippen LogP contribution in [0.4, 0.5) is 0 Å². The third-order valence-electron chi connectivity index (χ3n) is 4.60. The summed E-state index contributed by atoms with van der Waals surface area (Å²) >= 11 is 12.0. The molecule has 0 spiro atoms. The van der Waals surface area contributed by atoms with Crippen molar-refractivity contribution in [2.24, 2.45) is 0 Å². The summed E-state index contributed by atoms with van der Waals surface area (Å²) in [6.45, 7) is 0.480. The molecular formula is C22H21Cl2NO3. The Hall–Kier alpha value is -2.27. The fraction of sp³-hybridized carbons (Fsp3) is 0.227. The molecule has 0 atom stereocenters. The highest BCUT2D eigenvalue weighted by Crippen LogP contribution is 2.26. The van der Waals surface area contributed by atoms with Crippen LogP contribution in [-0.2, 0) is 17.8 Å². The molecule has 3 aromatic rings. The molecule has 6 heteroatoms. The van der Waals surface area contributed by atoms with Gasteiger partial charge < -0.3 is 14.7 Å². The standard InChI is InChI=1S/C22H21Cl2NO3/c1-28-18-7-6-16-3-2-4-17(19(16)13-18)12-22(27)25(9-10-26)14-15-5-8-20(23)21(24)11-15/h2-8,11,13,26H,9-10,12,14H2,1H3. The fourth-order valence-corrected chi connectivity index (χ4v) is 3.46. The number of nitrogens with zero attached hydrogens (tertiary/aromatic N) is 1. The molecule has 146 valence electrons. The number of ether oxygens (including phenoxy) is 1. The van der Waals surface area contributed by atoms with Gasteiger partial charge in [0.05, 0.1) is 30.2 Å². The van der Waals surface area contributed by atoms with Gasteiger partial charge in [0.1, 0.15) is 5.75 Å². The molecule has 3 aromatic carbocycles. The maximum atomic E-state index is 13.0. The first-order valence-electron chi connectivity index (χ1n) is 8.90. The lowest BCUT2D eigenvalue weighted by Gasteiger charge is -2.22. The smallest absolute Gasteiger partial charge is 0.227 e. The summed E-state index contributed by atoms with van der Waals surface area (Å²) in [5, 5.41) is 12.3. The topological polar surface area (TPSA) is 49.8 Å². The van der Waals surface area contributed by atoms with Crippen LogP contribution in [0.5, 0.6) is 5.75 Å². The summed E-state index contributed by atoms with van der Waals surface area (Å²) in [7, 11) is 1.62. The summed E-state index contributed by atoms with van der Waals surface area (Å²) in [6.07, 6.45) is 0.228. The minimum Gasteiger partial charge on any atom is -0.497 e. The molecule has 0 saturated carbocycles. The zero-order chi connectivity index (χ0) is 20.1. The lowest BCUT2D eigenvalue weighted by Crippen LogP contribution is -2.34. The van der Waals surface area contributed by atoms with Gasteiger partial charge >= 0.3 is 0 Å². The van der Waals surface area contributed by atoms with Gasteiger partial charge in [-0.3, -0.25) is 4.79 Å². The van der Waals surface area contributed by atoms with Crippen LogP contribution >= 0.6 is 23.2 Å². The number of hydrogen-bond donors (Lipinski definition) is 1. The zero-order valence-corrected chi connectivity index (χ0v) is 17.0. The van der Waals surface area contributed by atoms with Crippen LogP contribution in [0.25, 0.3) is 10.8 Å². The van der Waals surface area contributed by atoms with Gasteiger partial charge in [-0.25, -0.2) is 0 Å². The van der Waals surface area contributed by atoms with Crippen LogP contribution in [0.3, 0.4) is 0 Å². The number of aliphatic hydroxyl groups excluding tert-OH is 1.